The van der Waals surface area contributed by atoms with E-state index in [-0.39, 0.29) is 5.56 Å². The Morgan fingerprint density at radius 3 is 2.64 bits per heavy atom. The second kappa shape index (κ2) is 4.22. The van der Waals surface area contributed by atoms with Crippen molar-refractivity contribution in [1.29, 1.82) is 0 Å². The zero-order valence-electron chi connectivity index (χ0n) is 8.25. The number of halogens is 1. The minimum atomic E-state index is -1.07. The molecule has 1 aromatic rings. The molecule has 0 saturated heterocycles. The summed E-state index contributed by atoms with van der Waals surface area (Å²) >= 11 is 0. The Hall–Kier alpha value is -1.38. The Morgan fingerprint density at radius 2 is 2.14 bits per heavy atom. The lowest BCUT2D eigenvalue weighted by Crippen LogP contribution is -2.05. The molecular weight excluding hydrogens is 183 g/mol. The number of rotatable bonds is 3. The molecule has 0 radical (unpaired) electrons. The van der Waals surface area contributed by atoms with Crippen LogP contribution in [0.15, 0.2) is 18.2 Å². The Kier molecular flexibility index (Phi) is 3.23. The summed E-state index contributed by atoms with van der Waals surface area (Å²) in [6, 6.07) is 3.91. The van der Waals surface area contributed by atoms with Gasteiger partial charge in [0.15, 0.2) is 0 Å². The summed E-state index contributed by atoms with van der Waals surface area (Å²) in [6.07, 6.45) is 0.655. The van der Waals surface area contributed by atoms with Crippen LogP contribution in [-0.4, -0.2) is 11.1 Å². The van der Waals surface area contributed by atoms with Crippen molar-refractivity contribution in [1.82, 2.24) is 0 Å². The maximum Gasteiger partial charge on any atom is 0.336 e. The van der Waals surface area contributed by atoms with Crippen LogP contribution in [0.5, 0.6) is 0 Å². The summed E-state index contributed by atoms with van der Waals surface area (Å²) in [6.45, 7) is 3.99. The van der Waals surface area contributed by atoms with Crippen LogP contribution < -0.4 is 0 Å². The number of hydrogen-bond donors (Lipinski definition) is 1. The molecule has 1 N–H and O–H groups in total. The molecule has 0 aliphatic carbocycles. The molecule has 0 aromatic heterocycles. The van der Waals surface area contributed by atoms with Gasteiger partial charge in [-0.05, 0) is 30.0 Å². The monoisotopic (exact) mass is 196 g/mol. The maximum atomic E-state index is 12.8. The molecular formula is C11H13FO2. The number of carbonyl (C=O) groups is 1. The van der Waals surface area contributed by atoms with E-state index in [1.807, 2.05) is 13.8 Å². The van der Waals surface area contributed by atoms with E-state index in [4.69, 9.17) is 5.11 Å². The first-order valence-electron chi connectivity index (χ1n) is 4.52. The zero-order valence-corrected chi connectivity index (χ0v) is 8.25. The van der Waals surface area contributed by atoms with Crippen LogP contribution in [0.25, 0.3) is 0 Å². The lowest BCUT2D eigenvalue weighted by molar-refractivity contribution is 0.0695. The summed E-state index contributed by atoms with van der Waals surface area (Å²) in [4.78, 5) is 10.8. The van der Waals surface area contributed by atoms with Gasteiger partial charge in [0.05, 0.1) is 5.56 Å². The standard InChI is InChI=1S/C11H13FO2/c1-7(2)5-8-3-4-9(12)6-10(8)11(13)14/h3-4,6-7H,5H2,1-2H3,(H,13,14). The van der Waals surface area contributed by atoms with Gasteiger partial charge in [0.2, 0.25) is 0 Å². The van der Waals surface area contributed by atoms with Crippen LogP contribution in [0.2, 0.25) is 0 Å². The summed E-state index contributed by atoms with van der Waals surface area (Å²) in [5, 5.41) is 8.84. The minimum absolute atomic E-state index is 0.0682. The van der Waals surface area contributed by atoms with Crippen molar-refractivity contribution in [3.05, 3.63) is 35.1 Å². The Bertz CT molecular complexity index is 345. The third-order valence-electron chi connectivity index (χ3n) is 1.93. The number of carboxylic acid groups (broad SMARTS) is 1. The summed E-state index contributed by atoms with van der Waals surface area (Å²) < 4.78 is 12.8. The average molecular weight is 196 g/mol. The molecule has 0 spiro atoms. The lowest BCUT2D eigenvalue weighted by atomic mass is 9.98. The molecule has 0 heterocycles. The van der Waals surface area contributed by atoms with E-state index in [0.29, 0.717) is 17.9 Å². The fourth-order valence-corrected chi connectivity index (χ4v) is 1.37. The minimum Gasteiger partial charge on any atom is -0.478 e. The molecule has 3 heteroatoms. The number of carboxylic acids is 1. The van der Waals surface area contributed by atoms with Crippen molar-refractivity contribution in [2.75, 3.05) is 0 Å². The van der Waals surface area contributed by atoms with E-state index in [0.717, 1.165) is 6.07 Å². The maximum absolute atomic E-state index is 12.8. The lowest BCUT2D eigenvalue weighted by Gasteiger charge is -2.08. The van der Waals surface area contributed by atoms with Gasteiger partial charge in [-0.1, -0.05) is 19.9 Å². The van der Waals surface area contributed by atoms with Gasteiger partial charge in [-0.25, -0.2) is 9.18 Å². The van der Waals surface area contributed by atoms with Crippen LogP contribution in [0.1, 0.15) is 29.8 Å². The summed E-state index contributed by atoms with van der Waals surface area (Å²) in [5.74, 6) is -1.21. The third-order valence-corrected chi connectivity index (χ3v) is 1.93. The molecule has 0 aliphatic heterocycles. The van der Waals surface area contributed by atoms with Crippen molar-refractivity contribution in [2.24, 2.45) is 5.92 Å². The summed E-state index contributed by atoms with van der Waals surface area (Å²) in [7, 11) is 0. The molecule has 0 amide bonds. The molecule has 1 aromatic carbocycles. The fourth-order valence-electron chi connectivity index (χ4n) is 1.37. The van der Waals surface area contributed by atoms with Gasteiger partial charge >= 0.3 is 5.97 Å². The van der Waals surface area contributed by atoms with Crippen molar-refractivity contribution in [3.63, 3.8) is 0 Å². The molecule has 0 bridgehead atoms. The molecule has 2 nitrogen and oxygen atoms in total. The van der Waals surface area contributed by atoms with Crippen molar-refractivity contribution >= 4 is 5.97 Å². The Balaban J connectivity index is 3.08. The number of hydrogen-bond acceptors (Lipinski definition) is 1. The first kappa shape index (κ1) is 10.7. The molecule has 0 aliphatic rings. The molecule has 14 heavy (non-hydrogen) atoms. The summed E-state index contributed by atoms with van der Waals surface area (Å²) in [5.41, 5.74) is 0.757. The van der Waals surface area contributed by atoms with E-state index in [2.05, 4.69) is 0 Å². The van der Waals surface area contributed by atoms with Crippen molar-refractivity contribution < 1.29 is 14.3 Å². The van der Waals surface area contributed by atoms with Gasteiger partial charge in [-0.2, -0.15) is 0 Å². The van der Waals surface area contributed by atoms with E-state index < -0.39 is 11.8 Å². The highest BCUT2D eigenvalue weighted by Crippen LogP contribution is 2.15. The van der Waals surface area contributed by atoms with Gasteiger partial charge in [-0.15, -0.1) is 0 Å². The van der Waals surface area contributed by atoms with Crippen molar-refractivity contribution in [2.45, 2.75) is 20.3 Å². The SMILES string of the molecule is CC(C)Cc1ccc(F)cc1C(=O)O. The van der Waals surface area contributed by atoms with Gasteiger partial charge in [0, 0.05) is 0 Å². The van der Waals surface area contributed by atoms with E-state index in [1.165, 1.54) is 6.07 Å². The molecule has 0 saturated carbocycles. The first-order valence-corrected chi connectivity index (χ1v) is 4.52. The molecule has 0 atom stereocenters. The first-order chi connectivity index (χ1) is 6.50. The van der Waals surface area contributed by atoms with Crippen LogP contribution >= 0.6 is 0 Å². The molecule has 76 valence electrons. The smallest absolute Gasteiger partial charge is 0.336 e. The van der Waals surface area contributed by atoms with E-state index in [9.17, 15) is 9.18 Å². The van der Waals surface area contributed by atoms with Crippen molar-refractivity contribution in [3.8, 4) is 0 Å². The highest BCUT2D eigenvalue weighted by Gasteiger charge is 2.11. The predicted molar refractivity (Wildman–Crippen MR) is 51.9 cm³/mol. The Morgan fingerprint density at radius 1 is 1.50 bits per heavy atom. The zero-order chi connectivity index (χ0) is 10.7. The average Bonchev–Trinajstić information content (AvgIpc) is 2.07. The van der Waals surface area contributed by atoms with E-state index >= 15 is 0 Å². The third kappa shape index (κ3) is 2.55. The van der Waals surface area contributed by atoms with Gasteiger partial charge in [0.25, 0.3) is 0 Å². The second-order valence-corrected chi connectivity index (χ2v) is 3.70. The topological polar surface area (TPSA) is 37.3 Å². The molecule has 0 fully saturated rings. The van der Waals surface area contributed by atoms with Gasteiger partial charge < -0.3 is 5.11 Å². The molecule has 0 unspecified atom stereocenters. The van der Waals surface area contributed by atoms with Gasteiger partial charge in [-0.3, -0.25) is 0 Å². The second-order valence-electron chi connectivity index (χ2n) is 3.70. The van der Waals surface area contributed by atoms with Crippen LogP contribution in [0.4, 0.5) is 4.39 Å². The highest BCUT2D eigenvalue weighted by atomic mass is 19.1. The largest absolute Gasteiger partial charge is 0.478 e. The predicted octanol–water partition coefficient (Wildman–Crippen LogP) is 2.72. The number of benzene rings is 1. The fraction of sp³-hybridized carbons (Fsp3) is 0.364. The molecule has 1 rings (SSSR count). The Labute approximate surface area is 82.4 Å². The van der Waals surface area contributed by atoms with Crippen LogP contribution in [0.3, 0.4) is 0 Å². The van der Waals surface area contributed by atoms with Gasteiger partial charge in [0.1, 0.15) is 5.82 Å². The normalized spacial score (nSPS) is 10.6. The number of aromatic carboxylic acids is 1. The quantitative estimate of drug-likeness (QED) is 0.807. The highest BCUT2D eigenvalue weighted by molar-refractivity contribution is 5.89. The van der Waals surface area contributed by atoms with Crippen LogP contribution in [-0.2, 0) is 6.42 Å². The van der Waals surface area contributed by atoms with E-state index in [1.54, 1.807) is 6.07 Å². The van der Waals surface area contributed by atoms with Crippen LogP contribution in [0, 0.1) is 11.7 Å².